The molecule has 0 spiro atoms. The van der Waals surface area contributed by atoms with Crippen molar-refractivity contribution in [3.63, 3.8) is 0 Å². The number of halogens is 1. The Morgan fingerprint density at radius 2 is 1.83 bits per heavy atom. The Hall–Kier alpha value is -2.05. The van der Waals surface area contributed by atoms with Gasteiger partial charge >= 0.3 is 0 Å². The average molecular weight is 367 g/mol. The summed E-state index contributed by atoms with van der Waals surface area (Å²) in [6, 6.07) is 14.3. The van der Waals surface area contributed by atoms with Gasteiger partial charge in [-0.3, -0.25) is 9.52 Å². The quantitative estimate of drug-likeness (QED) is 0.824. The van der Waals surface area contributed by atoms with Crippen molar-refractivity contribution in [2.24, 2.45) is 0 Å². The van der Waals surface area contributed by atoms with E-state index in [1.807, 2.05) is 37.3 Å². The summed E-state index contributed by atoms with van der Waals surface area (Å²) in [6.07, 6.45) is 1.04. The first-order chi connectivity index (χ1) is 11.3. The summed E-state index contributed by atoms with van der Waals surface area (Å²) in [5.74, 6) is -0.203. The van der Waals surface area contributed by atoms with E-state index in [1.165, 1.54) is 18.2 Å². The maximum absolute atomic E-state index is 12.3. The van der Waals surface area contributed by atoms with Gasteiger partial charge in [-0.25, -0.2) is 8.42 Å². The van der Waals surface area contributed by atoms with Gasteiger partial charge in [0, 0.05) is 12.2 Å². The molecule has 2 rings (SSSR count). The van der Waals surface area contributed by atoms with Crippen molar-refractivity contribution >= 4 is 33.2 Å². The maximum atomic E-state index is 12.3. The van der Waals surface area contributed by atoms with E-state index in [0.717, 1.165) is 11.8 Å². The largest absolute Gasteiger partial charge is 0.351 e. The van der Waals surface area contributed by atoms with Crippen LogP contribution in [-0.2, 0) is 10.0 Å². The Balaban J connectivity index is 2.08. The van der Waals surface area contributed by atoms with Crippen LogP contribution in [0.5, 0.6) is 0 Å². The predicted octanol–water partition coefficient (Wildman–Crippen LogP) is 3.25. The molecule has 128 valence electrons. The lowest BCUT2D eigenvalue weighted by molar-refractivity contribution is 0.0952. The highest BCUT2D eigenvalue weighted by atomic mass is 35.5. The Kier molecular flexibility index (Phi) is 5.85. The van der Waals surface area contributed by atoms with Crippen LogP contribution in [0.4, 0.5) is 5.69 Å². The number of anilines is 1. The zero-order valence-electron chi connectivity index (χ0n) is 13.4. The lowest BCUT2D eigenvalue weighted by Gasteiger charge is -2.14. The zero-order valence-corrected chi connectivity index (χ0v) is 15.0. The van der Waals surface area contributed by atoms with Crippen LogP contribution < -0.4 is 10.0 Å². The highest BCUT2D eigenvalue weighted by molar-refractivity contribution is 7.92. The van der Waals surface area contributed by atoms with Gasteiger partial charge in [-0.1, -0.05) is 48.9 Å². The molecule has 2 N–H and O–H groups in total. The highest BCUT2D eigenvalue weighted by Crippen LogP contribution is 2.21. The summed E-state index contributed by atoms with van der Waals surface area (Å²) in [4.78, 5) is 12.3. The van der Waals surface area contributed by atoms with Gasteiger partial charge < -0.3 is 5.32 Å². The molecule has 0 aliphatic carbocycles. The molecule has 0 aliphatic rings. The van der Waals surface area contributed by atoms with E-state index in [-0.39, 0.29) is 22.4 Å². The topological polar surface area (TPSA) is 75.3 Å². The number of carbonyl (C=O) groups excluding carboxylic acids is 1. The van der Waals surface area contributed by atoms with Gasteiger partial charge in [0.15, 0.2) is 0 Å². The fourth-order valence-electron chi connectivity index (χ4n) is 2.22. The van der Waals surface area contributed by atoms with Gasteiger partial charge in [0.2, 0.25) is 10.0 Å². The van der Waals surface area contributed by atoms with Crippen LogP contribution in [0, 0.1) is 0 Å². The SMILES string of the molecule is C[C@H](CNC(=O)c1cc(NS(C)(=O)=O)ccc1Cl)c1ccccc1. The first kappa shape index (κ1) is 18.3. The third-order valence-corrected chi connectivity index (χ3v) is 4.39. The Morgan fingerprint density at radius 1 is 1.17 bits per heavy atom. The molecule has 0 saturated carbocycles. The minimum Gasteiger partial charge on any atom is -0.351 e. The molecule has 0 radical (unpaired) electrons. The minimum absolute atomic E-state index is 0.145. The van der Waals surface area contributed by atoms with Gasteiger partial charge in [0.05, 0.1) is 16.8 Å². The molecule has 0 fully saturated rings. The molecule has 0 saturated heterocycles. The summed E-state index contributed by atoms with van der Waals surface area (Å²) in [5.41, 5.74) is 1.64. The molecule has 1 amide bonds. The van der Waals surface area contributed by atoms with Crippen molar-refractivity contribution in [3.05, 3.63) is 64.7 Å². The predicted molar refractivity (Wildman–Crippen MR) is 97.1 cm³/mol. The van der Waals surface area contributed by atoms with Crippen molar-refractivity contribution in [3.8, 4) is 0 Å². The number of nitrogens with one attached hydrogen (secondary N) is 2. The fourth-order valence-corrected chi connectivity index (χ4v) is 2.98. The molecular formula is C17H19ClN2O3S. The van der Waals surface area contributed by atoms with E-state index < -0.39 is 10.0 Å². The molecule has 7 heteroatoms. The second-order valence-corrected chi connectivity index (χ2v) is 7.75. The number of benzene rings is 2. The van der Waals surface area contributed by atoms with Crippen molar-refractivity contribution in [2.45, 2.75) is 12.8 Å². The number of sulfonamides is 1. The molecule has 1 atom stereocenters. The van der Waals surface area contributed by atoms with Crippen LogP contribution in [0.3, 0.4) is 0 Å². The monoisotopic (exact) mass is 366 g/mol. The third kappa shape index (κ3) is 5.25. The number of hydrogen-bond acceptors (Lipinski definition) is 3. The van der Waals surface area contributed by atoms with Gasteiger partial charge in [-0.2, -0.15) is 0 Å². The van der Waals surface area contributed by atoms with Crippen molar-refractivity contribution in [2.75, 3.05) is 17.5 Å². The van der Waals surface area contributed by atoms with Crippen LogP contribution in [0.1, 0.15) is 28.8 Å². The minimum atomic E-state index is -3.42. The van der Waals surface area contributed by atoms with Crippen LogP contribution in [0.15, 0.2) is 48.5 Å². The van der Waals surface area contributed by atoms with E-state index in [4.69, 9.17) is 11.6 Å². The van der Waals surface area contributed by atoms with E-state index in [0.29, 0.717) is 12.2 Å². The lowest BCUT2D eigenvalue weighted by Crippen LogP contribution is -2.28. The highest BCUT2D eigenvalue weighted by Gasteiger charge is 2.14. The second-order valence-electron chi connectivity index (χ2n) is 5.59. The first-order valence-electron chi connectivity index (χ1n) is 7.37. The number of hydrogen-bond donors (Lipinski definition) is 2. The maximum Gasteiger partial charge on any atom is 0.252 e. The van der Waals surface area contributed by atoms with Gasteiger partial charge in [0.1, 0.15) is 0 Å². The van der Waals surface area contributed by atoms with Crippen LogP contribution >= 0.6 is 11.6 Å². The second kappa shape index (κ2) is 7.68. The Morgan fingerprint density at radius 3 is 2.46 bits per heavy atom. The summed E-state index contributed by atoms with van der Waals surface area (Å²) < 4.78 is 24.9. The molecule has 2 aromatic carbocycles. The number of carbonyl (C=O) groups is 1. The number of rotatable bonds is 6. The molecule has 0 bridgehead atoms. The normalized spacial score (nSPS) is 12.5. The van der Waals surface area contributed by atoms with Gasteiger partial charge in [-0.05, 0) is 29.7 Å². The molecule has 5 nitrogen and oxygen atoms in total. The molecule has 0 unspecified atom stereocenters. The smallest absolute Gasteiger partial charge is 0.252 e. The van der Waals surface area contributed by atoms with Crippen molar-refractivity contribution in [1.82, 2.24) is 5.32 Å². The van der Waals surface area contributed by atoms with Crippen molar-refractivity contribution in [1.29, 1.82) is 0 Å². The Labute approximate surface area is 147 Å². The van der Waals surface area contributed by atoms with Crippen LogP contribution in [-0.4, -0.2) is 27.1 Å². The lowest BCUT2D eigenvalue weighted by atomic mass is 10.0. The molecule has 0 heterocycles. The van der Waals surface area contributed by atoms with E-state index in [1.54, 1.807) is 0 Å². The van der Waals surface area contributed by atoms with E-state index >= 15 is 0 Å². The van der Waals surface area contributed by atoms with Gasteiger partial charge in [-0.15, -0.1) is 0 Å². The molecular weight excluding hydrogens is 348 g/mol. The summed E-state index contributed by atoms with van der Waals surface area (Å²) in [6.45, 7) is 2.46. The molecule has 0 aromatic heterocycles. The fraction of sp³-hybridized carbons (Fsp3) is 0.235. The van der Waals surface area contributed by atoms with E-state index in [2.05, 4.69) is 10.0 Å². The van der Waals surface area contributed by atoms with Gasteiger partial charge in [0.25, 0.3) is 5.91 Å². The van der Waals surface area contributed by atoms with Crippen LogP contribution in [0.25, 0.3) is 0 Å². The third-order valence-electron chi connectivity index (χ3n) is 3.45. The standard InChI is InChI=1S/C17H19ClN2O3S/c1-12(13-6-4-3-5-7-13)11-19-17(21)15-10-14(8-9-16(15)18)20-24(2,22)23/h3-10,12,20H,11H2,1-2H3,(H,19,21)/t12-/m1/s1. The van der Waals surface area contributed by atoms with Crippen molar-refractivity contribution < 1.29 is 13.2 Å². The van der Waals surface area contributed by atoms with Crippen LogP contribution in [0.2, 0.25) is 5.02 Å². The molecule has 2 aromatic rings. The average Bonchev–Trinajstić information content (AvgIpc) is 2.53. The van der Waals surface area contributed by atoms with E-state index in [9.17, 15) is 13.2 Å². The summed E-state index contributed by atoms with van der Waals surface area (Å²) >= 11 is 6.06. The number of amides is 1. The summed E-state index contributed by atoms with van der Waals surface area (Å²) in [5, 5.41) is 3.09. The zero-order chi connectivity index (χ0) is 17.7. The Bertz CT molecular complexity index is 823. The first-order valence-corrected chi connectivity index (χ1v) is 9.63. The molecule has 0 aliphatic heterocycles. The molecule has 24 heavy (non-hydrogen) atoms. The summed E-state index contributed by atoms with van der Waals surface area (Å²) in [7, 11) is -3.42.